The maximum Gasteiger partial charge on any atom is 0.343 e. The average Bonchev–Trinajstić information content (AvgIpc) is 3.23. The van der Waals surface area contributed by atoms with Crippen LogP contribution in [0, 0.1) is 0 Å². The van der Waals surface area contributed by atoms with E-state index in [0.29, 0.717) is 55.8 Å². The molecule has 8 heteroatoms. The quantitative estimate of drug-likeness (QED) is 0.0945. The van der Waals surface area contributed by atoms with Crippen LogP contribution in [0.3, 0.4) is 0 Å². The number of ether oxygens (including phenoxy) is 3. The van der Waals surface area contributed by atoms with Crippen LogP contribution < -0.4 is 14.2 Å². The Balaban J connectivity index is 1.31. The van der Waals surface area contributed by atoms with Crippen molar-refractivity contribution in [2.75, 3.05) is 0 Å². The van der Waals surface area contributed by atoms with Crippen molar-refractivity contribution in [3.8, 4) is 17.2 Å². The highest BCUT2D eigenvalue weighted by molar-refractivity contribution is 6.20. The molecule has 0 fully saturated rings. The van der Waals surface area contributed by atoms with Gasteiger partial charge < -0.3 is 14.2 Å². The number of Topliss-reactive ketones (excluding diaryl/α,β-unsaturated/α-hetero) is 1. The zero-order valence-corrected chi connectivity index (χ0v) is 30.6. The summed E-state index contributed by atoms with van der Waals surface area (Å²) < 4.78 is 18.6. The predicted molar refractivity (Wildman–Crippen MR) is 213 cm³/mol. The largest absolute Gasteiger partial charge is 0.422 e. The van der Waals surface area contributed by atoms with Crippen LogP contribution in [0.2, 0.25) is 0 Å². The fourth-order valence-electron chi connectivity index (χ4n) is 7.13. The SMILES string of the molecule is O=C1C=C2Cc3cccc(c3OC(=O)c3ccccc3)Cc3cccc(c3OC(=O)c3ccccc3)Cc3cccc(c3OC(=O)c3ccccc3)CC(=C1)C2=O. The lowest BCUT2D eigenvalue weighted by molar-refractivity contribution is -0.115. The van der Waals surface area contributed by atoms with E-state index in [1.807, 2.05) is 36.4 Å². The van der Waals surface area contributed by atoms with Crippen LogP contribution >= 0.6 is 0 Å². The molecule has 6 aromatic carbocycles. The molecule has 57 heavy (non-hydrogen) atoms. The minimum atomic E-state index is -0.597. The van der Waals surface area contributed by atoms with Crippen molar-refractivity contribution in [2.45, 2.75) is 25.7 Å². The summed E-state index contributed by atoms with van der Waals surface area (Å²) in [5.41, 5.74) is 4.88. The van der Waals surface area contributed by atoms with Crippen molar-refractivity contribution >= 4 is 29.5 Å². The second-order valence-corrected chi connectivity index (χ2v) is 13.8. The van der Waals surface area contributed by atoms with E-state index in [1.165, 1.54) is 12.2 Å². The molecule has 0 aliphatic heterocycles. The minimum Gasteiger partial charge on any atom is -0.422 e. The third-order valence-corrected chi connectivity index (χ3v) is 9.89. The van der Waals surface area contributed by atoms with Gasteiger partial charge >= 0.3 is 17.9 Å². The fraction of sp³-hybridized carbons (Fsp3) is 0.0816. The first-order chi connectivity index (χ1) is 27.8. The molecule has 0 aromatic heterocycles. The van der Waals surface area contributed by atoms with Gasteiger partial charge in [0.1, 0.15) is 17.2 Å². The third kappa shape index (κ3) is 8.02. The molecule has 0 saturated carbocycles. The van der Waals surface area contributed by atoms with Crippen LogP contribution in [-0.2, 0) is 35.3 Å². The second kappa shape index (κ2) is 16.1. The first-order valence-corrected chi connectivity index (χ1v) is 18.4. The van der Waals surface area contributed by atoms with Gasteiger partial charge in [-0.1, -0.05) is 109 Å². The molecule has 278 valence electrons. The Hall–Kier alpha value is -7.45. The van der Waals surface area contributed by atoms with Gasteiger partial charge in [-0.25, -0.2) is 14.4 Å². The topological polar surface area (TPSA) is 113 Å². The summed E-state index contributed by atoms with van der Waals surface area (Å²) in [7, 11) is 0. The van der Waals surface area contributed by atoms with E-state index in [1.54, 1.807) is 109 Å². The van der Waals surface area contributed by atoms with Crippen molar-refractivity contribution in [3.63, 3.8) is 0 Å². The van der Waals surface area contributed by atoms with Crippen LogP contribution in [0.15, 0.2) is 169 Å². The van der Waals surface area contributed by atoms with Crippen LogP contribution in [0.1, 0.15) is 64.5 Å². The van der Waals surface area contributed by atoms with Gasteiger partial charge in [0.05, 0.1) is 16.7 Å². The molecule has 0 amide bonds. The van der Waals surface area contributed by atoms with Crippen LogP contribution in [0.4, 0.5) is 0 Å². The minimum absolute atomic E-state index is 0.0149. The number of benzene rings is 6. The highest BCUT2D eigenvalue weighted by Crippen LogP contribution is 2.38. The van der Waals surface area contributed by atoms with Gasteiger partial charge in [0, 0.05) is 36.8 Å². The van der Waals surface area contributed by atoms with E-state index >= 15 is 0 Å². The number of para-hydroxylation sites is 3. The molecule has 0 saturated heterocycles. The van der Waals surface area contributed by atoms with Crippen molar-refractivity contribution in [1.82, 2.24) is 0 Å². The fourth-order valence-corrected chi connectivity index (χ4v) is 7.13. The normalized spacial score (nSPS) is 13.5. The van der Waals surface area contributed by atoms with E-state index in [-0.39, 0.29) is 59.9 Å². The Morgan fingerprint density at radius 3 is 0.930 bits per heavy atom. The smallest absolute Gasteiger partial charge is 0.343 e. The van der Waals surface area contributed by atoms with Gasteiger partial charge in [0.15, 0.2) is 11.6 Å². The summed E-state index contributed by atoms with van der Waals surface area (Å²) in [6, 6.07) is 42.1. The van der Waals surface area contributed by atoms with Crippen molar-refractivity contribution in [3.05, 3.63) is 219 Å². The zero-order valence-electron chi connectivity index (χ0n) is 30.6. The number of allylic oxidation sites excluding steroid dienone is 4. The van der Waals surface area contributed by atoms with E-state index in [9.17, 15) is 24.0 Å². The molecule has 0 N–H and O–H groups in total. The van der Waals surface area contributed by atoms with Gasteiger partial charge in [-0.15, -0.1) is 0 Å². The average molecular weight is 751 g/mol. The lowest BCUT2D eigenvalue weighted by Crippen LogP contribution is -2.20. The zero-order chi connectivity index (χ0) is 39.3. The molecular formula is C49H34O8. The molecule has 0 heterocycles. The number of rotatable bonds is 6. The summed E-state index contributed by atoms with van der Waals surface area (Å²) in [5, 5.41) is 0. The summed E-state index contributed by atoms with van der Waals surface area (Å²) >= 11 is 0. The lowest BCUT2D eigenvalue weighted by Gasteiger charge is -2.21. The number of ketones is 2. The van der Waals surface area contributed by atoms with Crippen LogP contribution in [0.5, 0.6) is 17.2 Å². The van der Waals surface area contributed by atoms with Gasteiger partial charge in [-0.3, -0.25) is 9.59 Å². The van der Waals surface area contributed by atoms with E-state index in [0.717, 1.165) is 0 Å². The monoisotopic (exact) mass is 750 g/mol. The molecule has 0 unspecified atom stereocenters. The Labute approximate surface area is 328 Å². The van der Waals surface area contributed by atoms with Crippen molar-refractivity contribution in [2.24, 2.45) is 0 Å². The van der Waals surface area contributed by atoms with E-state index < -0.39 is 17.9 Å². The molecule has 0 radical (unpaired) electrons. The number of fused-ring (bicyclic) bond motifs is 8. The van der Waals surface area contributed by atoms with Crippen molar-refractivity contribution < 1.29 is 38.2 Å². The van der Waals surface area contributed by atoms with Gasteiger partial charge in [-0.2, -0.15) is 0 Å². The first-order valence-electron chi connectivity index (χ1n) is 18.4. The van der Waals surface area contributed by atoms with Gasteiger partial charge in [0.25, 0.3) is 0 Å². The molecule has 8 bridgehead atoms. The van der Waals surface area contributed by atoms with E-state index in [2.05, 4.69) is 0 Å². The highest BCUT2D eigenvalue weighted by atomic mass is 16.5. The number of esters is 3. The standard InChI is InChI=1S/C49H34O8/c50-42-29-40-27-38-23-11-21-36(45(38)56-48(53)32-15-6-2-7-16-32)25-34-19-10-20-35(44(34)55-47(52)31-13-4-1-5-14-31)26-37-22-12-24-39(28-41(30-42)43(40)51)46(37)57-49(54)33-17-8-3-9-18-33/h1-24,29-30H,25-28H2. The Morgan fingerprint density at radius 1 is 0.351 bits per heavy atom. The van der Waals surface area contributed by atoms with Crippen LogP contribution in [-0.4, -0.2) is 29.5 Å². The number of hydrogen-bond acceptors (Lipinski definition) is 8. The Morgan fingerprint density at radius 2 is 0.632 bits per heavy atom. The Bertz CT molecular complexity index is 2470. The number of carbonyl (C=O) groups excluding carboxylic acids is 5. The molecule has 8 rings (SSSR count). The third-order valence-electron chi connectivity index (χ3n) is 9.89. The molecule has 6 aromatic rings. The molecule has 2 aliphatic carbocycles. The molecular weight excluding hydrogens is 717 g/mol. The van der Waals surface area contributed by atoms with Crippen LogP contribution in [0.25, 0.3) is 0 Å². The second-order valence-electron chi connectivity index (χ2n) is 13.8. The summed E-state index contributed by atoms with van der Waals surface area (Å²) in [4.78, 5) is 68.4. The molecule has 0 atom stereocenters. The van der Waals surface area contributed by atoms with E-state index in [4.69, 9.17) is 14.2 Å². The molecule has 2 aliphatic rings. The first kappa shape index (κ1) is 36.5. The Kier molecular flexibility index (Phi) is 10.3. The molecule has 8 nitrogen and oxygen atoms in total. The maximum absolute atomic E-state index is 14.2. The maximum atomic E-state index is 14.2. The highest BCUT2D eigenvalue weighted by Gasteiger charge is 2.28. The number of hydrogen-bond donors (Lipinski definition) is 0. The van der Waals surface area contributed by atoms with Gasteiger partial charge in [-0.05, 0) is 81.9 Å². The van der Waals surface area contributed by atoms with Gasteiger partial charge in [0.2, 0.25) is 0 Å². The summed E-state index contributed by atoms with van der Waals surface area (Å²) in [6.07, 6.45) is 2.90. The number of carbonyl (C=O) groups is 5. The van der Waals surface area contributed by atoms with Crippen molar-refractivity contribution in [1.29, 1.82) is 0 Å². The summed E-state index contributed by atoms with van der Waals surface area (Å²) in [5.74, 6) is -1.69. The molecule has 0 spiro atoms. The lowest BCUT2D eigenvalue weighted by atomic mass is 9.86. The summed E-state index contributed by atoms with van der Waals surface area (Å²) in [6.45, 7) is 0. The predicted octanol–water partition coefficient (Wildman–Crippen LogP) is 8.63.